The van der Waals surface area contributed by atoms with Gasteiger partial charge in [0.25, 0.3) is 0 Å². The van der Waals surface area contributed by atoms with E-state index in [2.05, 4.69) is 61.5 Å². The molecule has 0 radical (unpaired) electrons. The summed E-state index contributed by atoms with van der Waals surface area (Å²) in [4.78, 5) is 52.3. The Morgan fingerprint density at radius 1 is 0.386 bits per heavy atom. The van der Waals surface area contributed by atoms with Gasteiger partial charge in [-0.2, -0.15) is 0 Å². The first kappa shape index (κ1) is 47.7. The number of carbonyl (C=O) groups excluding carboxylic acids is 4. The van der Waals surface area contributed by atoms with E-state index < -0.39 is 17.9 Å². The van der Waals surface area contributed by atoms with E-state index in [1.807, 2.05) is 51.1 Å². The van der Waals surface area contributed by atoms with Gasteiger partial charge in [0, 0.05) is 16.4 Å². The van der Waals surface area contributed by atoms with Crippen molar-refractivity contribution in [3.8, 4) is 23.0 Å². The maximum absolute atomic E-state index is 13.7. The third kappa shape index (κ3) is 9.52. The zero-order valence-electron chi connectivity index (χ0n) is 41.0. The van der Waals surface area contributed by atoms with Crippen molar-refractivity contribution in [3.63, 3.8) is 0 Å². The van der Waals surface area contributed by atoms with Crippen LogP contribution >= 0.6 is 0 Å². The third-order valence-electron chi connectivity index (χ3n) is 15.0. The van der Waals surface area contributed by atoms with Gasteiger partial charge in [0.05, 0.1) is 23.8 Å². The minimum absolute atomic E-state index is 0.111. The first-order valence-corrected chi connectivity index (χ1v) is 24.6. The summed E-state index contributed by atoms with van der Waals surface area (Å²) >= 11 is 0. The van der Waals surface area contributed by atoms with Gasteiger partial charge < -0.3 is 18.9 Å². The average molecular weight is 933 g/mol. The van der Waals surface area contributed by atoms with Crippen molar-refractivity contribution in [1.29, 1.82) is 0 Å². The standard InChI is InChI=1S/C62H60O8/c1-39-32-50(20-24-54(39)67-6)61(28-9-7-10-29-61)51-22-26-56(41(3)34-51)69-59(65)48-18-16-46-38-49(19-17-45(46)37-48)60(66)70-57-27-23-53(35-42(57)4)62(30-11-8-12-31-62)52-21-25-55(40(2)33-52)68-58(64)47-15-13-14-44(36-47)43(5)63/h13-27,32-38H,7-12,28-31H2,1-6H3. The highest BCUT2D eigenvalue weighted by atomic mass is 16.5. The number of ketones is 1. The lowest BCUT2D eigenvalue weighted by Crippen LogP contribution is -2.30. The molecule has 0 amide bonds. The van der Waals surface area contributed by atoms with Gasteiger partial charge in [-0.05, 0) is 176 Å². The van der Waals surface area contributed by atoms with Crippen molar-refractivity contribution < 1.29 is 38.1 Å². The molecule has 0 saturated heterocycles. The fourth-order valence-corrected chi connectivity index (χ4v) is 11.0. The Kier molecular flexibility index (Phi) is 13.6. The molecule has 0 aromatic heterocycles. The summed E-state index contributed by atoms with van der Waals surface area (Å²) in [6.45, 7) is 9.47. The van der Waals surface area contributed by atoms with Crippen LogP contribution in [0.25, 0.3) is 10.8 Å². The summed E-state index contributed by atoms with van der Waals surface area (Å²) in [6, 6.07) is 42.2. The third-order valence-corrected chi connectivity index (χ3v) is 15.0. The molecule has 0 N–H and O–H groups in total. The number of ether oxygens (including phenoxy) is 4. The van der Waals surface area contributed by atoms with Crippen molar-refractivity contribution in [1.82, 2.24) is 0 Å². The van der Waals surface area contributed by atoms with Crippen LogP contribution in [0.3, 0.4) is 0 Å². The van der Waals surface area contributed by atoms with Gasteiger partial charge in [0.2, 0.25) is 0 Å². The Morgan fingerprint density at radius 2 is 0.729 bits per heavy atom. The highest BCUT2D eigenvalue weighted by molar-refractivity contribution is 6.00. The first-order chi connectivity index (χ1) is 33.8. The van der Waals surface area contributed by atoms with E-state index in [9.17, 15) is 19.2 Å². The molecule has 2 fully saturated rings. The van der Waals surface area contributed by atoms with Crippen molar-refractivity contribution >= 4 is 34.5 Å². The average Bonchev–Trinajstić information content (AvgIpc) is 3.38. The van der Waals surface area contributed by atoms with Gasteiger partial charge in [0.1, 0.15) is 23.0 Å². The Bertz CT molecular complexity index is 3170. The molecule has 8 nitrogen and oxygen atoms in total. The molecule has 2 saturated carbocycles. The molecular formula is C62H60O8. The highest BCUT2D eigenvalue weighted by Crippen LogP contribution is 2.48. The van der Waals surface area contributed by atoms with E-state index in [1.165, 1.54) is 24.5 Å². The largest absolute Gasteiger partial charge is 0.496 e. The Hall–Kier alpha value is -7.32. The van der Waals surface area contributed by atoms with Crippen molar-refractivity contribution in [2.75, 3.05) is 7.11 Å². The second-order valence-electron chi connectivity index (χ2n) is 19.5. The molecule has 0 heterocycles. The van der Waals surface area contributed by atoms with Crippen LogP contribution in [0, 0.1) is 27.7 Å². The van der Waals surface area contributed by atoms with E-state index in [0.29, 0.717) is 39.5 Å². The maximum Gasteiger partial charge on any atom is 0.343 e. The molecule has 7 aromatic carbocycles. The molecule has 0 bridgehead atoms. The summed E-state index contributed by atoms with van der Waals surface area (Å²) in [7, 11) is 1.71. The summed E-state index contributed by atoms with van der Waals surface area (Å²) < 4.78 is 23.5. The normalized spacial score (nSPS) is 15.2. The Balaban J connectivity index is 0.876. The van der Waals surface area contributed by atoms with E-state index >= 15 is 0 Å². The Morgan fingerprint density at radius 3 is 1.07 bits per heavy atom. The predicted molar refractivity (Wildman–Crippen MR) is 274 cm³/mol. The molecule has 7 aromatic rings. The van der Waals surface area contributed by atoms with Crippen molar-refractivity contribution in [3.05, 3.63) is 200 Å². The van der Waals surface area contributed by atoms with Crippen LogP contribution in [0.5, 0.6) is 23.0 Å². The SMILES string of the molecule is COc1ccc(C2(c3ccc(OC(=O)c4ccc5cc(C(=O)Oc6ccc(C7(c8ccc(OC(=O)c9cccc(C(C)=O)c9)c(C)c8)CCCCC7)cc6C)ccc5c4)c(C)c3)CCCCC2)cc1C. The molecule has 0 atom stereocenters. The number of benzene rings is 7. The number of carbonyl (C=O) groups is 4. The minimum atomic E-state index is -0.514. The van der Waals surface area contributed by atoms with Crippen molar-refractivity contribution in [2.45, 2.75) is 110 Å². The molecular weight excluding hydrogens is 873 g/mol. The molecule has 9 rings (SSSR count). The van der Waals surface area contributed by atoms with Crippen LogP contribution in [0.1, 0.15) is 157 Å². The van der Waals surface area contributed by atoms with Gasteiger partial charge in [-0.15, -0.1) is 0 Å². The van der Waals surface area contributed by atoms with E-state index in [0.717, 1.165) is 108 Å². The number of rotatable bonds is 12. The van der Waals surface area contributed by atoms with E-state index in [1.54, 1.807) is 55.6 Å². The lowest BCUT2D eigenvalue weighted by molar-refractivity contribution is 0.0723. The molecule has 0 spiro atoms. The quantitative estimate of drug-likeness (QED) is 0.0678. The number of aryl methyl sites for hydroxylation is 4. The maximum atomic E-state index is 13.7. The van der Waals surface area contributed by atoms with Gasteiger partial charge in [-0.3, -0.25) is 4.79 Å². The zero-order valence-corrected chi connectivity index (χ0v) is 41.0. The monoisotopic (exact) mass is 932 g/mol. The lowest BCUT2D eigenvalue weighted by atomic mass is 9.65. The molecule has 70 heavy (non-hydrogen) atoms. The second-order valence-corrected chi connectivity index (χ2v) is 19.5. The highest BCUT2D eigenvalue weighted by Gasteiger charge is 2.38. The van der Waals surface area contributed by atoms with Gasteiger partial charge in [-0.25, -0.2) is 14.4 Å². The Labute approximate surface area is 411 Å². The number of methoxy groups -OCH3 is 1. The van der Waals surface area contributed by atoms with Crippen LogP contribution in [-0.2, 0) is 10.8 Å². The van der Waals surface area contributed by atoms with Crippen LogP contribution in [0.2, 0.25) is 0 Å². The number of hydrogen-bond donors (Lipinski definition) is 0. The topological polar surface area (TPSA) is 105 Å². The first-order valence-electron chi connectivity index (χ1n) is 24.6. The van der Waals surface area contributed by atoms with E-state index in [-0.39, 0.29) is 16.6 Å². The van der Waals surface area contributed by atoms with Crippen LogP contribution in [0.4, 0.5) is 0 Å². The minimum Gasteiger partial charge on any atom is -0.496 e. The van der Waals surface area contributed by atoms with Gasteiger partial charge in [0.15, 0.2) is 5.78 Å². The molecule has 8 heteroatoms. The summed E-state index contributed by atoms with van der Waals surface area (Å²) in [5.41, 5.74) is 9.76. The van der Waals surface area contributed by atoms with Crippen molar-refractivity contribution in [2.24, 2.45) is 0 Å². The molecule has 0 aliphatic heterocycles. The lowest BCUT2D eigenvalue weighted by Gasteiger charge is -2.39. The summed E-state index contributed by atoms with van der Waals surface area (Å²) in [5, 5.41) is 1.59. The zero-order chi connectivity index (χ0) is 49.2. The van der Waals surface area contributed by atoms with E-state index in [4.69, 9.17) is 18.9 Å². The molecule has 0 unspecified atom stereocenters. The summed E-state index contributed by atoms with van der Waals surface area (Å²) in [5.74, 6) is 0.819. The van der Waals surface area contributed by atoms with Crippen LogP contribution in [-0.4, -0.2) is 30.8 Å². The number of Topliss-reactive ketones (excluding diaryl/α,β-unsaturated/α-hetero) is 1. The van der Waals surface area contributed by atoms with Crippen LogP contribution < -0.4 is 18.9 Å². The predicted octanol–water partition coefficient (Wildman–Crippen LogP) is 14.4. The number of esters is 3. The van der Waals surface area contributed by atoms with Gasteiger partial charge in [-0.1, -0.05) is 111 Å². The fraction of sp³-hybridized carbons (Fsp3) is 0.290. The number of hydrogen-bond acceptors (Lipinski definition) is 8. The van der Waals surface area contributed by atoms with Gasteiger partial charge >= 0.3 is 17.9 Å². The molecule has 2 aliphatic carbocycles. The van der Waals surface area contributed by atoms with Crippen LogP contribution in [0.15, 0.2) is 133 Å². The molecule has 356 valence electrons. The summed E-state index contributed by atoms with van der Waals surface area (Å²) in [6.07, 6.45) is 10.9. The smallest absolute Gasteiger partial charge is 0.343 e. The second kappa shape index (κ2) is 20.0. The molecule has 2 aliphatic rings. The number of fused-ring (bicyclic) bond motifs is 1. The fourth-order valence-electron chi connectivity index (χ4n) is 11.0.